The highest BCUT2D eigenvalue weighted by Gasteiger charge is 2.13. The predicted molar refractivity (Wildman–Crippen MR) is 111 cm³/mol. The van der Waals surface area contributed by atoms with Crippen LogP contribution >= 0.6 is 0 Å². The Kier molecular flexibility index (Phi) is 5.61. The van der Waals surface area contributed by atoms with Crippen molar-refractivity contribution >= 4 is 17.1 Å². The number of fused-ring (bicyclic) bond motifs is 1. The van der Waals surface area contributed by atoms with Crippen LogP contribution in [0.2, 0.25) is 0 Å². The van der Waals surface area contributed by atoms with Crippen molar-refractivity contribution < 1.29 is 9.18 Å². The van der Waals surface area contributed by atoms with Gasteiger partial charge in [0.15, 0.2) is 5.65 Å². The molecule has 0 saturated heterocycles. The van der Waals surface area contributed by atoms with E-state index < -0.39 is 0 Å². The van der Waals surface area contributed by atoms with Gasteiger partial charge in [0.1, 0.15) is 17.2 Å². The number of aromatic nitrogens is 3. The molecule has 0 saturated carbocycles. The van der Waals surface area contributed by atoms with Crippen LogP contribution in [0, 0.1) is 5.82 Å². The summed E-state index contributed by atoms with van der Waals surface area (Å²) in [5.41, 5.74) is 3.46. The van der Waals surface area contributed by atoms with Gasteiger partial charge in [-0.3, -0.25) is 4.79 Å². The van der Waals surface area contributed by atoms with Crippen molar-refractivity contribution in [1.29, 1.82) is 0 Å². The number of nitrogens with one attached hydrogen (secondary N) is 1. The minimum Gasteiger partial charge on any atom is -0.354 e. The van der Waals surface area contributed by atoms with Crippen LogP contribution in [0.4, 0.5) is 4.39 Å². The second kappa shape index (κ2) is 8.65. The number of pyridine rings is 1. The maximum atomic E-state index is 13.3. The molecule has 0 aliphatic carbocycles. The van der Waals surface area contributed by atoms with E-state index in [9.17, 15) is 9.18 Å². The van der Waals surface area contributed by atoms with Gasteiger partial charge in [0.2, 0.25) is 5.91 Å². The zero-order chi connectivity index (χ0) is 20.1. The van der Waals surface area contributed by atoms with E-state index in [4.69, 9.17) is 0 Å². The highest BCUT2D eigenvalue weighted by atomic mass is 19.1. The summed E-state index contributed by atoms with van der Waals surface area (Å²) in [7, 11) is 0. The van der Waals surface area contributed by atoms with E-state index >= 15 is 0 Å². The van der Waals surface area contributed by atoms with Gasteiger partial charge in [-0.05, 0) is 48.4 Å². The third-order valence-corrected chi connectivity index (χ3v) is 4.75. The third-order valence-electron chi connectivity index (χ3n) is 4.75. The minimum absolute atomic E-state index is 0.00886. The fraction of sp³-hybridized carbons (Fsp3) is 0.174. The lowest BCUT2D eigenvalue weighted by molar-refractivity contribution is -0.121. The van der Waals surface area contributed by atoms with Crippen LogP contribution in [0.1, 0.15) is 12.0 Å². The summed E-state index contributed by atoms with van der Waals surface area (Å²) >= 11 is 0. The molecule has 0 aliphatic heterocycles. The van der Waals surface area contributed by atoms with Crippen molar-refractivity contribution in [2.45, 2.75) is 19.4 Å². The fourth-order valence-corrected chi connectivity index (χ4v) is 3.29. The first kappa shape index (κ1) is 18.8. The van der Waals surface area contributed by atoms with Crippen molar-refractivity contribution in [2.24, 2.45) is 0 Å². The Hall–Kier alpha value is -3.54. The second-order valence-corrected chi connectivity index (χ2v) is 6.78. The number of carbonyl (C=O) groups excluding carboxylic acids is 1. The molecule has 2 aromatic heterocycles. The summed E-state index contributed by atoms with van der Waals surface area (Å²) < 4.78 is 15.3. The molecule has 0 unspecified atom stereocenters. The second-order valence-electron chi connectivity index (χ2n) is 6.78. The quantitative estimate of drug-likeness (QED) is 0.521. The molecule has 4 rings (SSSR count). The van der Waals surface area contributed by atoms with Gasteiger partial charge in [-0.1, -0.05) is 30.3 Å². The van der Waals surface area contributed by atoms with E-state index in [0.717, 1.165) is 22.3 Å². The first-order valence-corrected chi connectivity index (χ1v) is 9.58. The third kappa shape index (κ3) is 4.48. The van der Waals surface area contributed by atoms with Crippen molar-refractivity contribution in [3.8, 4) is 11.4 Å². The Labute approximate surface area is 168 Å². The first-order chi connectivity index (χ1) is 14.2. The average Bonchev–Trinajstić information content (AvgIpc) is 3.12. The lowest BCUT2D eigenvalue weighted by Crippen LogP contribution is -2.27. The minimum atomic E-state index is -0.291. The molecule has 5 nitrogen and oxygen atoms in total. The Bertz CT molecular complexity index is 1110. The molecule has 4 aromatic rings. The average molecular weight is 388 g/mol. The number of halogens is 1. The van der Waals surface area contributed by atoms with Gasteiger partial charge >= 0.3 is 0 Å². The van der Waals surface area contributed by atoms with Crippen molar-refractivity contribution in [1.82, 2.24) is 19.9 Å². The van der Waals surface area contributed by atoms with Gasteiger partial charge in [0, 0.05) is 31.3 Å². The van der Waals surface area contributed by atoms with E-state index in [-0.39, 0.29) is 11.7 Å². The summed E-state index contributed by atoms with van der Waals surface area (Å²) in [6.45, 7) is 0.987. The topological polar surface area (TPSA) is 59.8 Å². The van der Waals surface area contributed by atoms with Gasteiger partial charge in [0.05, 0.1) is 0 Å². The number of rotatable bonds is 7. The Morgan fingerprint density at radius 3 is 2.59 bits per heavy atom. The lowest BCUT2D eigenvalue weighted by atomic mass is 10.1. The molecule has 2 heterocycles. The predicted octanol–water partition coefficient (Wildman–Crippen LogP) is 3.99. The van der Waals surface area contributed by atoms with Crippen LogP contribution in [0.15, 0.2) is 72.9 Å². The van der Waals surface area contributed by atoms with Crippen LogP contribution in [0.25, 0.3) is 22.6 Å². The molecule has 0 fully saturated rings. The lowest BCUT2D eigenvalue weighted by Gasteiger charge is -2.10. The number of amides is 1. The molecular formula is C23H21FN4O. The van der Waals surface area contributed by atoms with Gasteiger partial charge in [-0.15, -0.1) is 0 Å². The molecule has 0 aliphatic rings. The molecule has 0 spiro atoms. The van der Waals surface area contributed by atoms with Crippen LogP contribution in [0.5, 0.6) is 0 Å². The van der Waals surface area contributed by atoms with E-state index in [1.165, 1.54) is 12.1 Å². The van der Waals surface area contributed by atoms with Crippen LogP contribution in [-0.4, -0.2) is 27.0 Å². The number of hydrogen-bond donors (Lipinski definition) is 1. The van der Waals surface area contributed by atoms with E-state index in [2.05, 4.69) is 15.3 Å². The molecule has 0 bridgehead atoms. The Morgan fingerprint density at radius 2 is 1.79 bits per heavy atom. The molecule has 6 heteroatoms. The van der Waals surface area contributed by atoms with E-state index in [1.54, 1.807) is 18.3 Å². The number of hydrogen-bond acceptors (Lipinski definition) is 3. The summed E-state index contributed by atoms with van der Waals surface area (Å²) in [5, 5.41) is 2.97. The van der Waals surface area contributed by atoms with Crippen LogP contribution in [-0.2, 0) is 17.8 Å². The monoisotopic (exact) mass is 388 g/mol. The highest BCUT2D eigenvalue weighted by Crippen LogP contribution is 2.23. The Balaban J connectivity index is 1.45. The van der Waals surface area contributed by atoms with E-state index in [0.29, 0.717) is 31.8 Å². The van der Waals surface area contributed by atoms with Crippen molar-refractivity contribution in [3.05, 3.63) is 84.3 Å². The molecular weight excluding hydrogens is 367 g/mol. The normalized spacial score (nSPS) is 10.9. The van der Waals surface area contributed by atoms with E-state index in [1.807, 2.05) is 47.0 Å². The molecule has 2 aromatic carbocycles. The van der Waals surface area contributed by atoms with Gasteiger partial charge in [0.25, 0.3) is 0 Å². The highest BCUT2D eigenvalue weighted by molar-refractivity contribution is 5.77. The summed E-state index contributed by atoms with van der Waals surface area (Å²) in [5.74, 6) is 0.423. The smallest absolute Gasteiger partial charge is 0.220 e. The first-order valence-electron chi connectivity index (χ1n) is 9.58. The molecule has 0 atom stereocenters. The summed E-state index contributed by atoms with van der Waals surface area (Å²) in [6, 6.07) is 19.9. The fourth-order valence-electron chi connectivity index (χ4n) is 3.29. The standard InChI is InChI=1S/C23H21FN4O/c24-19-11-9-18(10-12-19)22-27-20-7-4-14-26-23(20)28(22)16-15-25-21(29)13-8-17-5-2-1-3-6-17/h1-7,9-12,14H,8,13,15-16H2,(H,25,29). The maximum Gasteiger partial charge on any atom is 0.220 e. The molecule has 1 N–H and O–H groups in total. The van der Waals surface area contributed by atoms with Crippen LogP contribution in [0.3, 0.4) is 0 Å². The number of imidazole rings is 1. The van der Waals surface area contributed by atoms with Crippen LogP contribution < -0.4 is 5.32 Å². The maximum absolute atomic E-state index is 13.3. The van der Waals surface area contributed by atoms with Gasteiger partial charge < -0.3 is 9.88 Å². The van der Waals surface area contributed by atoms with Gasteiger partial charge in [-0.25, -0.2) is 14.4 Å². The summed E-state index contributed by atoms with van der Waals surface area (Å²) in [4.78, 5) is 21.3. The largest absolute Gasteiger partial charge is 0.354 e. The zero-order valence-electron chi connectivity index (χ0n) is 15.9. The zero-order valence-corrected chi connectivity index (χ0v) is 15.9. The molecule has 146 valence electrons. The number of aryl methyl sites for hydroxylation is 1. The van der Waals surface area contributed by atoms with Crippen molar-refractivity contribution in [2.75, 3.05) is 6.54 Å². The van der Waals surface area contributed by atoms with Gasteiger partial charge in [-0.2, -0.15) is 0 Å². The van der Waals surface area contributed by atoms with Crippen molar-refractivity contribution in [3.63, 3.8) is 0 Å². The Morgan fingerprint density at radius 1 is 1.00 bits per heavy atom. The number of benzene rings is 2. The number of nitrogens with zero attached hydrogens (tertiary/aromatic N) is 3. The SMILES string of the molecule is O=C(CCc1ccccc1)NCCn1c(-c2ccc(F)cc2)nc2cccnc21. The molecule has 0 radical (unpaired) electrons. The summed E-state index contributed by atoms with van der Waals surface area (Å²) in [6.07, 6.45) is 2.87. The molecule has 1 amide bonds. The number of carbonyl (C=O) groups is 1. The molecule has 29 heavy (non-hydrogen) atoms.